The van der Waals surface area contributed by atoms with Gasteiger partial charge in [-0.2, -0.15) is 0 Å². The van der Waals surface area contributed by atoms with Gasteiger partial charge < -0.3 is 26.2 Å². The third-order valence-corrected chi connectivity index (χ3v) is 9.84. The van der Waals surface area contributed by atoms with Gasteiger partial charge in [0, 0.05) is 22.2 Å². The monoisotopic (exact) mass is 642 g/mol. The molecule has 0 heterocycles. The van der Waals surface area contributed by atoms with Crippen molar-refractivity contribution >= 4 is 40.6 Å². The van der Waals surface area contributed by atoms with Crippen LogP contribution < -0.4 is 11.1 Å². The number of ketones is 4. The summed E-state index contributed by atoms with van der Waals surface area (Å²) in [6.07, 6.45) is -0.0550. The molecular weight excluding hydrogens is 604 g/mol. The van der Waals surface area contributed by atoms with Crippen LogP contribution in [-0.2, 0) is 30.4 Å². The molecular formula is C35H38N4O8. The molecule has 0 aliphatic heterocycles. The number of hydrogen-bond donors (Lipinski definition) is 4. The van der Waals surface area contributed by atoms with Crippen LogP contribution in [0.5, 0.6) is 5.75 Å². The SMILES string of the molecule is CN(C)CC(=O)Nc1ccc(C#Cc2ccc(O)c3c2C[C@@]2(C)C[C@@]4(C)[C@H](N(C)C)C(=O)C(C(N)=O)C(=O)[C@@]4(O)C(=O)C2C3=O)cc1. The third kappa shape index (κ3) is 5.15. The minimum absolute atomic E-state index is 0.0627. The first-order valence-corrected chi connectivity index (χ1v) is 15.1. The number of amides is 2. The number of carbonyl (C=O) groups excluding carboxylic acids is 6. The zero-order valence-electron chi connectivity index (χ0n) is 27.1. The lowest BCUT2D eigenvalue weighted by Gasteiger charge is -2.61. The largest absolute Gasteiger partial charge is 0.507 e. The summed E-state index contributed by atoms with van der Waals surface area (Å²) in [5, 5.41) is 25.7. The molecule has 0 saturated heterocycles. The minimum atomic E-state index is -2.86. The number of primary amides is 1. The molecule has 3 aliphatic rings. The van der Waals surface area contributed by atoms with E-state index in [2.05, 4.69) is 17.2 Å². The highest BCUT2D eigenvalue weighted by atomic mass is 16.3. The van der Waals surface area contributed by atoms with Gasteiger partial charge in [-0.1, -0.05) is 25.7 Å². The molecule has 3 aliphatic carbocycles. The average molecular weight is 643 g/mol. The molecule has 246 valence electrons. The summed E-state index contributed by atoms with van der Waals surface area (Å²) in [5.41, 5.74) is 1.56. The Labute approximate surface area is 272 Å². The normalized spacial score (nSPS) is 29.9. The number of phenolic OH excluding ortho intramolecular Hbond substituents is 1. The lowest BCUT2D eigenvalue weighted by molar-refractivity contribution is -0.203. The van der Waals surface area contributed by atoms with Crippen molar-refractivity contribution in [2.75, 3.05) is 40.1 Å². The Kier molecular flexibility index (Phi) is 8.25. The van der Waals surface area contributed by atoms with E-state index < -0.39 is 63.3 Å². The molecule has 2 aromatic rings. The molecule has 0 spiro atoms. The van der Waals surface area contributed by atoms with Crippen molar-refractivity contribution < 1.29 is 39.0 Å². The van der Waals surface area contributed by atoms with E-state index >= 15 is 0 Å². The van der Waals surface area contributed by atoms with Crippen molar-refractivity contribution in [3.63, 3.8) is 0 Å². The number of nitrogens with zero attached hydrogens (tertiary/aromatic N) is 2. The van der Waals surface area contributed by atoms with Crippen LogP contribution in [0, 0.1) is 34.5 Å². The molecule has 2 fully saturated rings. The van der Waals surface area contributed by atoms with Crippen molar-refractivity contribution in [2.45, 2.75) is 38.3 Å². The summed E-state index contributed by atoms with van der Waals surface area (Å²) < 4.78 is 0. The van der Waals surface area contributed by atoms with E-state index in [9.17, 15) is 39.0 Å². The topological polar surface area (TPSA) is 187 Å². The maximum atomic E-state index is 14.3. The molecule has 0 aromatic heterocycles. The second-order valence-electron chi connectivity index (χ2n) is 13.9. The van der Waals surface area contributed by atoms with E-state index in [0.717, 1.165) is 0 Å². The van der Waals surface area contributed by atoms with Crippen LogP contribution in [0.25, 0.3) is 0 Å². The highest BCUT2D eigenvalue weighted by Crippen LogP contribution is 2.61. The summed E-state index contributed by atoms with van der Waals surface area (Å²) in [7, 11) is 6.66. The Morgan fingerprint density at radius 2 is 1.62 bits per heavy atom. The first kappa shape index (κ1) is 33.7. The van der Waals surface area contributed by atoms with Crippen LogP contribution in [0.1, 0.15) is 47.3 Å². The van der Waals surface area contributed by atoms with Crippen LogP contribution in [-0.4, -0.2) is 101 Å². The lowest BCUT2D eigenvalue weighted by Crippen LogP contribution is -2.79. The quantitative estimate of drug-likeness (QED) is 0.265. The third-order valence-electron chi connectivity index (χ3n) is 9.84. The first-order valence-electron chi connectivity index (χ1n) is 15.1. The number of carbonyl (C=O) groups is 6. The number of phenols is 1. The predicted molar refractivity (Wildman–Crippen MR) is 170 cm³/mol. The number of nitrogens with one attached hydrogen (secondary N) is 1. The summed E-state index contributed by atoms with van der Waals surface area (Å²) in [4.78, 5) is 83.3. The van der Waals surface area contributed by atoms with Crippen molar-refractivity contribution in [1.82, 2.24) is 9.80 Å². The van der Waals surface area contributed by atoms with Crippen molar-refractivity contribution in [1.29, 1.82) is 0 Å². The Bertz CT molecular complexity index is 1810. The maximum absolute atomic E-state index is 14.3. The Balaban J connectivity index is 1.56. The molecule has 2 saturated carbocycles. The fourth-order valence-corrected chi connectivity index (χ4v) is 8.10. The number of aromatic hydroxyl groups is 1. The van der Waals surface area contributed by atoms with E-state index in [1.165, 1.54) is 32.0 Å². The van der Waals surface area contributed by atoms with Gasteiger partial charge in [0.2, 0.25) is 11.8 Å². The van der Waals surface area contributed by atoms with Gasteiger partial charge in [-0.05, 0) is 88.4 Å². The number of aliphatic hydroxyl groups is 1. The molecule has 0 radical (unpaired) electrons. The van der Waals surface area contributed by atoms with Crippen molar-refractivity contribution in [2.24, 2.45) is 28.4 Å². The second kappa shape index (κ2) is 11.5. The molecule has 5 N–H and O–H groups in total. The van der Waals surface area contributed by atoms with Gasteiger partial charge in [0.1, 0.15) is 5.75 Å². The summed E-state index contributed by atoms with van der Waals surface area (Å²) in [6.45, 7) is 3.37. The van der Waals surface area contributed by atoms with Gasteiger partial charge in [0.05, 0.1) is 24.1 Å². The summed E-state index contributed by atoms with van der Waals surface area (Å²) in [5.74, 6) is -3.36. The molecule has 2 amide bonds. The van der Waals surface area contributed by atoms with E-state index in [1.54, 1.807) is 56.3 Å². The number of rotatable bonds is 5. The van der Waals surface area contributed by atoms with E-state index in [1.807, 2.05) is 0 Å². The van der Waals surface area contributed by atoms with Crippen LogP contribution in [0.15, 0.2) is 36.4 Å². The molecule has 5 rings (SSSR count). The zero-order valence-corrected chi connectivity index (χ0v) is 27.1. The molecule has 12 heteroatoms. The maximum Gasteiger partial charge on any atom is 0.238 e. The van der Waals surface area contributed by atoms with E-state index in [0.29, 0.717) is 22.4 Å². The standard InChI is InChI=1S/C35H38N4O8/c1-33-15-21-19(10-7-18-8-12-20(13-9-18)37-23(41)16-38(3)4)11-14-22(40)24(21)27(42)26(33)31(45)35(47)30(44)25(32(36)46)28(43)29(39(5)6)34(35,2)17-33/h8-9,11-14,25-26,29,40,47H,15-17H2,1-6H3,(H2,36,46)(H,37,41)/t25?,26?,29-,33+,34+,35-/m1/s1. The Hall–Kier alpha value is -4.70. The van der Waals surface area contributed by atoms with Gasteiger partial charge in [-0.25, -0.2) is 0 Å². The molecule has 0 bridgehead atoms. The van der Waals surface area contributed by atoms with Gasteiger partial charge in [0.15, 0.2) is 34.7 Å². The fraction of sp³-hybridized carbons (Fsp3) is 0.429. The fourth-order valence-electron chi connectivity index (χ4n) is 8.10. The van der Waals surface area contributed by atoms with Gasteiger partial charge >= 0.3 is 0 Å². The number of likely N-dealkylation sites (N-methyl/N-ethyl adjacent to an activating group) is 2. The van der Waals surface area contributed by atoms with E-state index in [-0.39, 0.29) is 36.6 Å². The Morgan fingerprint density at radius 3 is 2.19 bits per heavy atom. The van der Waals surface area contributed by atoms with Crippen molar-refractivity contribution in [3.8, 4) is 17.6 Å². The highest BCUT2D eigenvalue weighted by molar-refractivity contribution is 6.33. The Morgan fingerprint density at radius 1 is 0.979 bits per heavy atom. The number of anilines is 1. The predicted octanol–water partition coefficient (Wildman–Crippen LogP) is 0.547. The molecule has 12 nitrogen and oxygen atoms in total. The zero-order chi connectivity index (χ0) is 34.8. The number of fused-ring (bicyclic) bond motifs is 3. The van der Waals surface area contributed by atoms with Crippen LogP contribution in [0.4, 0.5) is 5.69 Å². The molecule has 6 atom stereocenters. The van der Waals surface area contributed by atoms with E-state index in [4.69, 9.17) is 5.73 Å². The van der Waals surface area contributed by atoms with Crippen LogP contribution in [0.2, 0.25) is 0 Å². The lowest BCUT2D eigenvalue weighted by atomic mass is 9.42. The number of benzene rings is 2. The van der Waals surface area contributed by atoms with Gasteiger partial charge in [-0.15, -0.1) is 0 Å². The van der Waals surface area contributed by atoms with Crippen molar-refractivity contribution in [3.05, 3.63) is 58.7 Å². The summed E-state index contributed by atoms with van der Waals surface area (Å²) in [6, 6.07) is 8.51. The summed E-state index contributed by atoms with van der Waals surface area (Å²) >= 11 is 0. The average Bonchev–Trinajstić information content (AvgIpc) is 2.94. The molecule has 47 heavy (non-hydrogen) atoms. The smallest absolute Gasteiger partial charge is 0.238 e. The number of Topliss-reactive ketones (excluding diaryl/α,β-unsaturated/α-hetero) is 4. The highest BCUT2D eigenvalue weighted by Gasteiger charge is 2.76. The number of nitrogens with two attached hydrogens (primary N) is 1. The molecule has 2 unspecified atom stereocenters. The first-order chi connectivity index (χ1) is 21.9. The second-order valence-corrected chi connectivity index (χ2v) is 13.9. The van der Waals surface area contributed by atoms with Gasteiger partial charge in [0.25, 0.3) is 0 Å². The number of hydrogen-bond acceptors (Lipinski definition) is 10. The minimum Gasteiger partial charge on any atom is -0.507 e. The van der Waals surface area contributed by atoms with Crippen LogP contribution in [0.3, 0.4) is 0 Å². The van der Waals surface area contributed by atoms with Crippen LogP contribution >= 0.6 is 0 Å². The van der Waals surface area contributed by atoms with Gasteiger partial charge in [-0.3, -0.25) is 33.7 Å². The molecule has 2 aromatic carbocycles.